The second-order valence-corrected chi connectivity index (χ2v) is 4.06. The van der Waals surface area contributed by atoms with Crippen LogP contribution in [0.25, 0.3) is 0 Å². The molecule has 0 aromatic carbocycles. The molecule has 1 heterocycles. The van der Waals surface area contributed by atoms with E-state index in [4.69, 9.17) is 15.3 Å². The number of alkyl halides is 1. The summed E-state index contributed by atoms with van der Waals surface area (Å²) >= 11 is 0. The summed E-state index contributed by atoms with van der Waals surface area (Å²) in [5.41, 5.74) is 0. The molecular weight excluding hydrogens is 229 g/mol. The zero-order chi connectivity index (χ0) is 13.0. The fourth-order valence-electron chi connectivity index (χ4n) is 1.40. The van der Waals surface area contributed by atoms with Crippen LogP contribution in [0.2, 0.25) is 0 Å². The monoisotopic (exact) mass is 247 g/mol. The Labute approximate surface area is 99.2 Å². The van der Waals surface area contributed by atoms with Crippen molar-refractivity contribution in [3.8, 4) is 0 Å². The lowest BCUT2D eigenvalue weighted by Crippen LogP contribution is -2.30. The van der Waals surface area contributed by atoms with Crippen LogP contribution in [-0.4, -0.2) is 72.5 Å². The first-order chi connectivity index (χ1) is 7.97. The third-order valence-corrected chi connectivity index (χ3v) is 2.55. The molecule has 1 rings (SSSR count). The first-order valence-corrected chi connectivity index (χ1v) is 5.32. The van der Waals surface area contributed by atoms with Crippen molar-refractivity contribution in [2.24, 2.45) is 4.99 Å². The van der Waals surface area contributed by atoms with Crippen LogP contribution in [0.5, 0.6) is 0 Å². The summed E-state index contributed by atoms with van der Waals surface area (Å²) in [7, 11) is 3.46. The van der Waals surface area contributed by atoms with E-state index in [1.54, 1.807) is 19.0 Å². The average Bonchev–Trinajstić information content (AvgIpc) is 2.56. The van der Waals surface area contributed by atoms with Crippen molar-refractivity contribution in [3.63, 3.8) is 0 Å². The van der Waals surface area contributed by atoms with Crippen LogP contribution >= 0.6 is 0 Å². The topological polar surface area (TPSA) is 89.1 Å². The quantitative estimate of drug-likeness (QED) is 0.457. The van der Waals surface area contributed by atoms with Gasteiger partial charge in [0.25, 0.3) is 0 Å². The number of halogens is 1. The number of rotatable bonds is 4. The number of nitrogens with one attached hydrogen (secondary N) is 1. The molecule has 7 heteroatoms. The van der Waals surface area contributed by atoms with E-state index in [2.05, 4.69) is 4.99 Å². The molecule has 1 fully saturated rings. The Balaban J connectivity index is 2.47. The largest absolute Gasteiger partial charge is 0.394 e. The summed E-state index contributed by atoms with van der Waals surface area (Å²) in [5.74, 6) is 0.335. The molecule has 0 bridgehead atoms. The van der Waals surface area contributed by atoms with Gasteiger partial charge in [-0.2, -0.15) is 0 Å². The summed E-state index contributed by atoms with van der Waals surface area (Å²) in [6.07, 6.45) is -3.38. The van der Waals surface area contributed by atoms with Crippen molar-refractivity contribution in [1.82, 2.24) is 4.90 Å². The molecule has 0 saturated carbocycles. The Morgan fingerprint density at radius 2 is 2.24 bits per heavy atom. The van der Waals surface area contributed by atoms with Crippen LogP contribution < -0.4 is 0 Å². The lowest BCUT2D eigenvalue weighted by molar-refractivity contribution is -0.0192. The molecule has 6 nitrogen and oxygen atoms in total. The van der Waals surface area contributed by atoms with Crippen LogP contribution in [-0.2, 0) is 4.74 Å². The van der Waals surface area contributed by atoms with Crippen molar-refractivity contribution < 1.29 is 19.3 Å². The SMILES string of the molecule is CN(C)C(=N)CC=NC1OC(CO)C(O)C1F. The van der Waals surface area contributed by atoms with Crippen molar-refractivity contribution in [2.45, 2.75) is 31.0 Å². The highest BCUT2D eigenvalue weighted by molar-refractivity contribution is 5.91. The Morgan fingerprint density at radius 1 is 1.59 bits per heavy atom. The molecule has 0 aromatic rings. The molecule has 0 amide bonds. The number of aliphatic hydroxyl groups is 2. The van der Waals surface area contributed by atoms with Crippen molar-refractivity contribution in [2.75, 3.05) is 20.7 Å². The summed E-state index contributed by atoms with van der Waals surface area (Å²) in [6, 6.07) is 0. The second-order valence-electron chi connectivity index (χ2n) is 4.06. The predicted octanol–water partition coefficient (Wildman–Crippen LogP) is -0.598. The average molecular weight is 247 g/mol. The third-order valence-electron chi connectivity index (χ3n) is 2.55. The van der Waals surface area contributed by atoms with Gasteiger partial charge in [-0.05, 0) is 0 Å². The van der Waals surface area contributed by atoms with E-state index >= 15 is 0 Å². The van der Waals surface area contributed by atoms with Crippen LogP contribution in [0.3, 0.4) is 0 Å². The van der Waals surface area contributed by atoms with Crippen molar-refractivity contribution in [1.29, 1.82) is 5.41 Å². The zero-order valence-electron chi connectivity index (χ0n) is 9.88. The molecule has 3 N–H and O–H groups in total. The second kappa shape index (κ2) is 6.04. The van der Waals surface area contributed by atoms with Crippen molar-refractivity contribution in [3.05, 3.63) is 0 Å². The molecule has 1 saturated heterocycles. The van der Waals surface area contributed by atoms with E-state index in [0.29, 0.717) is 5.84 Å². The Kier molecular flexibility index (Phi) is 4.98. The van der Waals surface area contributed by atoms with Gasteiger partial charge in [-0.1, -0.05) is 0 Å². The van der Waals surface area contributed by atoms with E-state index in [-0.39, 0.29) is 6.42 Å². The van der Waals surface area contributed by atoms with E-state index in [0.717, 1.165) is 0 Å². The fraction of sp³-hybridized carbons (Fsp3) is 0.800. The highest BCUT2D eigenvalue weighted by Crippen LogP contribution is 2.24. The molecule has 0 aliphatic carbocycles. The van der Waals surface area contributed by atoms with Gasteiger partial charge in [0.2, 0.25) is 0 Å². The molecule has 4 unspecified atom stereocenters. The lowest BCUT2D eigenvalue weighted by atomic mass is 10.1. The van der Waals surface area contributed by atoms with Crippen LogP contribution in [0, 0.1) is 5.41 Å². The van der Waals surface area contributed by atoms with Gasteiger partial charge in [-0.3, -0.25) is 10.4 Å². The number of aliphatic imine (C=N–C) groups is 1. The molecule has 0 aromatic heterocycles. The van der Waals surface area contributed by atoms with Crippen LogP contribution in [0.4, 0.5) is 4.39 Å². The number of aliphatic hydroxyl groups excluding tert-OH is 2. The minimum Gasteiger partial charge on any atom is -0.394 e. The first-order valence-electron chi connectivity index (χ1n) is 5.32. The van der Waals surface area contributed by atoms with Crippen LogP contribution in [0.1, 0.15) is 6.42 Å². The summed E-state index contributed by atoms with van der Waals surface area (Å²) < 4.78 is 18.5. The van der Waals surface area contributed by atoms with Gasteiger partial charge in [0.1, 0.15) is 18.0 Å². The number of nitrogens with zero attached hydrogens (tertiary/aromatic N) is 2. The summed E-state index contributed by atoms with van der Waals surface area (Å²) in [5, 5.41) is 25.6. The normalized spacial score (nSPS) is 33.2. The Bertz CT molecular complexity index is 299. The molecule has 98 valence electrons. The molecule has 0 radical (unpaired) electrons. The minimum atomic E-state index is -1.64. The predicted molar refractivity (Wildman–Crippen MR) is 61.2 cm³/mol. The molecule has 1 aliphatic heterocycles. The Morgan fingerprint density at radius 3 is 2.71 bits per heavy atom. The minimum absolute atomic E-state index is 0.263. The highest BCUT2D eigenvalue weighted by Gasteiger charge is 2.43. The highest BCUT2D eigenvalue weighted by atomic mass is 19.1. The zero-order valence-corrected chi connectivity index (χ0v) is 9.88. The van der Waals surface area contributed by atoms with Gasteiger partial charge < -0.3 is 19.8 Å². The maximum atomic E-state index is 13.4. The van der Waals surface area contributed by atoms with Gasteiger partial charge in [0.15, 0.2) is 12.4 Å². The summed E-state index contributed by atoms with van der Waals surface area (Å²) in [4.78, 5) is 5.43. The van der Waals surface area contributed by atoms with Crippen LogP contribution in [0.15, 0.2) is 4.99 Å². The molecular formula is C10H18FN3O3. The lowest BCUT2D eigenvalue weighted by Gasteiger charge is -2.11. The van der Waals surface area contributed by atoms with E-state index < -0.39 is 31.2 Å². The number of ether oxygens (including phenoxy) is 1. The Hall–Kier alpha value is -1.05. The number of amidine groups is 1. The maximum absolute atomic E-state index is 13.4. The third kappa shape index (κ3) is 3.45. The van der Waals surface area contributed by atoms with Gasteiger partial charge in [0.05, 0.1) is 6.61 Å². The van der Waals surface area contributed by atoms with Crippen molar-refractivity contribution >= 4 is 12.1 Å². The summed E-state index contributed by atoms with van der Waals surface area (Å²) in [6.45, 7) is -0.443. The van der Waals surface area contributed by atoms with E-state index in [1.165, 1.54) is 6.21 Å². The number of hydrogen-bond acceptors (Lipinski definition) is 5. The maximum Gasteiger partial charge on any atom is 0.182 e. The smallest absolute Gasteiger partial charge is 0.182 e. The van der Waals surface area contributed by atoms with Gasteiger partial charge >= 0.3 is 0 Å². The molecule has 17 heavy (non-hydrogen) atoms. The first kappa shape index (κ1) is 14.0. The standard InChI is InChI=1S/C10H18FN3O3/c1-14(2)7(12)3-4-13-10-8(11)9(16)6(5-15)17-10/h4,6,8-10,12,15-16H,3,5H2,1-2H3. The van der Waals surface area contributed by atoms with Gasteiger partial charge in [0, 0.05) is 26.7 Å². The fourth-order valence-corrected chi connectivity index (χ4v) is 1.40. The molecule has 4 atom stereocenters. The van der Waals surface area contributed by atoms with Gasteiger partial charge in [-0.25, -0.2) is 4.39 Å². The number of hydrogen-bond donors (Lipinski definition) is 3. The molecule has 0 spiro atoms. The molecule has 1 aliphatic rings. The van der Waals surface area contributed by atoms with E-state index in [1.807, 2.05) is 0 Å². The van der Waals surface area contributed by atoms with Gasteiger partial charge in [-0.15, -0.1) is 0 Å². The van der Waals surface area contributed by atoms with E-state index in [9.17, 15) is 9.50 Å².